The third-order valence-corrected chi connectivity index (χ3v) is 3.33. The first-order valence-corrected chi connectivity index (χ1v) is 5.99. The second-order valence-corrected chi connectivity index (χ2v) is 4.82. The Labute approximate surface area is 96.4 Å². The molecule has 3 heteroatoms. The molecule has 16 heavy (non-hydrogen) atoms. The Balaban J connectivity index is 1.97. The summed E-state index contributed by atoms with van der Waals surface area (Å²) in [7, 11) is 0. The minimum Gasteiger partial charge on any atom is -0.461 e. The lowest BCUT2D eigenvalue weighted by Gasteiger charge is -2.26. The fourth-order valence-electron chi connectivity index (χ4n) is 2.50. The van der Waals surface area contributed by atoms with E-state index in [2.05, 4.69) is 18.7 Å². The van der Waals surface area contributed by atoms with E-state index in [1.54, 1.807) is 18.4 Å². The summed E-state index contributed by atoms with van der Waals surface area (Å²) < 4.78 is 5.13. The van der Waals surface area contributed by atoms with Crippen molar-refractivity contribution >= 4 is 5.78 Å². The minimum absolute atomic E-state index is 0.0950. The fraction of sp³-hybridized carbons (Fsp3) is 0.615. The van der Waals surface area contributed by atoms with E-state index in [0.717, 1.165) is 6.54 Å². The zero-order chi connectivity index (χ0) is 11.5. The molecule has 1 saturated heterocycles. The highest BCUT2D eigenvalue weighted by atomic mass is 16.3. The van der Waals surface area contributed by atoms with Crippen LogP contribution in [0.2, 0.25) is 0 Å². The van der Waals surface area contributed by atoms with Crippen LogP contribution in [-0.2, 0) is 0 Å². The number of carbonyl (C=O) groups excluding carboxylic acids is 1. The van der Waals surface area contributed by atoms with Gasteiger partial charge in [-0.1, -0.05) is 13.8 Å². The van der Waals surface area contributed by atoms with Crippen molar-refractivity contribution in [1.82, 2.24) is 4.90 Å². The maximum absolute atomic E-state index is 11.9. The molecule has 0 aromatic carbocycles. The largest absolute Gasteiger partial charge is 0.461 e. The Kier molecular flexibility index (Phi) is 3.44. The molecular weight excluding hydrogens is 202 g/mol. The summed E-state index contributed by atoms with van der Waals surface area (Å²) in [5.74, 6) is 1.19. The Hall–Kier alpha value is -1.09. The van der Waals surface area contributed by atoms with Crippen molar-refractivity contribution in [3.05, 3.63) is 24.2 Å². The van der Waals surface area contributed by atoms with E-state index in [1.165, 1.54) is 12.8 Å². The van der Waals surface area contributed by atoms with E-state index in [4.69, 9.17) is 4.42 Å². The normalized spacial score (nSPS) is 21.8. The third-order valence-electron chi connectivity index (χ3n) is 3.33. The molecule has 0 amide bonds. The van der Waals surface area contributed by atoms with Gasteiger partial charge in [-0.05, 0) is 37.4 Å². The lowest BCUT2D eigenvalue weighted by Crippen LogP contribution is -2.37. The van der Waals surface area contributed by atoms with Crippen molar-refractivity contribution in [2.45, 2.75) is 32.7 Å². The monoisotopic (exact) mass is 221 g/mol. The van der Waals surface area contributed by atoms with E-state index in [-0.39, 0.29) is 5.78 Å². The number of nitrogens with zero attached hydrogens (tertiary/aromatic N) is 1. The third kappa shape index (κ3) is 2.35. The molecule has 1 fully saturated rings. The number of hydrogen-bond acceptors (Lipinski definition) is 3. The van der Waals surface area contributed by atoms with Crippen LogP contribution in [-0.4, -0.2) is 29.8 Å². The smallest absolute Gasteiger partial charge is 0.211 e. The summed E-state index contributed by atoms with van der Waals surface area (Å²) in [6.07, 6.45) is 3.97. The number of likely N-dealkylation sites (tertiary alicyclic amines) is 1. The Bertz CT molecular complexity index is 343. The topological polar surface area (TPSA) is 33.5 Å². The van der Waals surface area contributed by atoms with E-state index in [0.29, 0.717) is 24.3 Å². The van der Waals surface area contributed by atoms with Gasteiger partial charge in [0.2, 0.25) is 5.78 Å². The number of carbonyl (C=O) groups is 1. The van der Waals surface area contributed by atoms with Gasteiger partial charge in [-0.25, -0.2) is 0 Å². The molecule has 2 heterocycles. The van der Waals surface area contributed by atoms with Gasteiger partial charge in [0, 0.05) is 6.04 Å². The standard InChI is InChI=1S/C13H19NO2/c1-10(2)11-5-3-7-14(11)9-12(15)13-6-4-8-16-13/h4,6,8,10-11H,3,5,7,9H2,1-2H3. The lowest BCUT2D eigenvalue weighted by atomic mass is 10.0. The predicted molar refractivity (Wildman–Crippen MR) is 62.5 cm³/mol. The molecule has 3 nitrogen and oxygen atoms in total. The van der Waals surface area contributed by atoms with Crippen LogP contribution in [0.4, 0.5) is 0 Å². The van der Waals surface area contributed by atoms with E-state index in [9.17, 15) is 4.79 Å². The molecule has 88 valence electrons. The molecular formula is C13H19NO2. The molecule has 0 saturated carbocycles. The molecule has 1 atom stereocenters. The highest BCUT2D eigenvalue weighted by Crippen LogP contribution is 2.23. The average Bonchev–Trinajstić information content (AvgIpc) is 2.86. The van der Waals surface area contributed by atoms with Crippen LogP contribution >= 0.6 is 0 Å². The molecule has 1 aromatic rings. The summed E-state index contributed by atoms with van der Waals surface area (Å²) in [5.41, 5.74) is 0. The first-order chi connectivity index (χ1) is 7.68. The minimum atomic E-state index is 0.0950. The molecule has 2 rings (SSSR count). The number of rotatable bonds is 4. The number of hydrogen-bond donors (Lipinski definition) is 0. The second-order valence-electron chi connectivity index (χ2n) is 4.82. The van der Waals surface area contributed by atoms with Crippen LogP contribution in [0.5, 0.6) is 0 Å². The van der Waals surface area contributed by atoms with Crippen molar-refractivity contribution in [2.24, 2.45) is 5.92 Å². The summed E-state index contributed by atoms with van der Waals surface area (Å²) >= 11 is 0. The van der Waals surface area contributed by atoms with Crippen LogP contribution in [0.3, 0.4) is 0 Å². The van der Waals surface area contributed by atoms with Gasteiger partial charge in [0.05, 0.1) is 12.8 Å². The summed E-state index contributed by atoms with van der Waals surface area (Å²) in [5, 5.41) is 0. The first kappa shape index (κ1) is 11.4. The first-order valence-electron chi connectivity index (χ1n) is 5.99. The molecule has 0 radical (unpaired) electrons. The molecule has 1 aromatic heterocycles. The van der Waals surface area contributed by atoms with Crippen LogP contribution in [0.15, 0.2) is 22.8 Å². The second kappa shape index (κ2) is 4.83. The van der Waals surface area contributed by atoms with Gasteiger partial charge in [0.25, 0.3) is 0 Å². The van der Waals surface area contributed by atoms with E-state index in [1.807, 2.05) is 0 Å². The highest BCUT2D eigenvalue weighted by molar-refractivity contribution is 5.95. The zero-order valence-electron chi connectivity index (χ0n) is 9.98. The molecule has 1 aliphatic heterocycles. The fourth-order valence-corrected chi connectivity index (χ4v) is 2.50. The SMILES string of the molecule is CC(C)C1CCCN1CC(=O)c1ccco1. The van der Waals surface area contributed by atoms with Gasteiger partial charge in [-0.3, -0.25) is 9.69 Å². The maximum Gasteiger partial charge on any atom is 0.211 e. The predicted octanol–water partition coefficient (Wildman–Crippen LogP) is 2.58. The molecule has 1 unspecified atom stereocenters. The van der Waals surface area contributed by atoms with Gasteiger partial charge in [-0.2, -0.15) is 0 Å². The van der Waals surface area contributed by atoms with Crippen molar-refractivity contribution in [2.75, 3.05) is 13.1 Å². The number of Topliss-reactive ketones (excluding diaryl/α,β-unsaturated/α-hetero) is 1. The van der Waals surface area contributed by atoms with Crippen molar-refractivity contribution in [1.29, 1.82) is 0 Å². The number of ketones is 1. The van der Waals surface area contributed by atoms with E-state index >= 15 is 0 Å². The Morgan fingerprint density at radius 1 is 1.62 bits per heavy atom. The Morgan fingerprint density at radius 3 is 3.06 bits per heavy atom. The molecule has 0 N–H and O–H groups in total. The van der Waals surface area contributed by atoms with Crippen LogP contribution in [0.25, 0.3) is 0 Å². The van der Waals surface area contributed by atoms with Crippen molar-refractivity contribution < 1.29 is 9.21 Å². The van der Waals surface area contributed by atoms with Gasteiger partial charge < -0.3 is 4.42 Å². The van der Waals surface area contributed by atoms with Crippen LogP contribution < -0.4 is 0 Å². The Morgan fingerprint density at radius 2 is 2.44 bits per heavy atom. The van der Waals surface area contributed by atoms with Gasteiger partial charge in [0.15, 0.2) is 5.76 Å². The van der Waals surface area contributed by atoms with E-state index < -0.39 is 0 Å². The molecule has 0 spiro atoms. The van der Waals surface area contributed by atoms with Gasteiger partial charge in [0.1, 0.15) is 0 Å². The molecule has 0 aliphatic carbocycles. The zero-order valence-corrected chi connectivity index (χ0v) is 9.98. The molecule has 1 aliphatic rings. The van der Waals surface area contributed by atoms with Gasteiger partial charge >= 0.3 is 0 Å². The summed E-state index contributed by atoms with van der Waals surface area (Å²) in [6, 6.07) is 4.05. The average molecular weight is 221 g/mol. The molecule has 0 bridgehead atoms. The van der Waals surface area contributed by atoms with Gasteiger partial charge in [-0.15, -0.1) is 0 Å². The van der Waals surface area contributed by atoms with Crippen molar-refractivity contribution in [3.63, 3.8) is 0 Å². The van der Waals surface area contributed by atoms with Crippen LogP contribution in [0.1, 0.15) is 37.2 Å². The number of furan rings is 1. The maximum atomic E-state index is 11.9. The summed E-state index contributed by atoms with van der Waals surface area (Å²) in [6.45, 7) is 5.98. The quantitative estimate of drug-likeness (QED) is 0.733. The van der Waals surface area contributed by atoms with Crippen molar-refractivity contribution in [3.8, 4) is 0 Å². The summed E-state index contributed by atoms with van der Waals surface area (Å²) in [4.78, 5) is 14.2. The lowest BCUT2D eigenvalue weighted by molar-refractivity contribution is 0.0876. The van der Waals surface area contributed by atoms with Crippen LogP contribution in [0, 0.1) is 5.92 Å². The highest BCUT2D eigenvalue weighted by Gasteiger charge is 2.28.